The molecular formula is C16H16O3S. The third kappa shape index (κ3) is 2.04. The van der Waals surface area contributed by atoms with Gasteiger partial charge in [-0.05, 0) is 37.1 Å². The van der Waals surface area contributed by atoms with Crippen LogP contribution in [0.4, 0.5) is 0 Å². The van der Waals surface area contributed by atoms with E-state index in [1.807, 2.05) is 18.4 Å². The molecule has 4 heteroatoms. The van der Waals surface area contributed by atoms with Crippen LogP contribution in [0.3, 0.4) is 0 Å². The summed E-state index contributed by atoms with van der Waals surface area (Å²) >= 11 is 1.54. The van der Waals surface area contributed by atoms with Crippen molar-refractivity contribution in [3.05, 3.63) is 41.2 Å². The average Bonchev–Trinajstić information content (AvgIpc) is 2.86. The molecule has 3 rings (SSSR count). The lowest BCUT2D eigenvalue weighted by Gasteiger charge is -2.16. The molecule has 104 valence electrons. The molecule has 1 aromatic heterocycles. The Hall–Kier alpha value is -1.68. The Morgan fingerprint density at radius 2 is 2.15 bits per heavy atom. The first-order valence-electron chi connectivity index (χ1n) is 6.71. The van der Waals surface area contributed by atoms with Crippen LogP contribution in [0.2, 0.25) is 0 Å². The van der Waals surface area contributed by atoms with Crippen molar-refractivity contribution in [1.29, 1.82) is 0 Å². The molecule has 0 unspecified atom stereocenters. The van der Waals surface area contributed by atoms with E-state index in [9.17, 15) is 4.79 Å². The molecule has 1 aliphatic rings. The summed E-state index contributed by atoms with van der Waals surface area (Å²) in [6.45, 7) is 2.15. The van der Waals surface area contributed by atoms with E-state index < -0.39 is 0 Å². The van der Waals surface area contributed by atoms with E-state index in [0.717, 1.165) is 34.6 Å². The van der Waals surface area contributed by atoms with Crippen LogP contribution in [0.15, 0.2) is 33.8 Å². The first-order valence-corrected chi connectivity index (χ1v) is 7.93. The molecule has 0 aliphatic heterocycles. The van der Waals surface area contributed by atoms with Gasteiger partial charge in [-0.2, -0.15) is 0 Å². The fraction of sp³-hybridized carbons (Fsp3) is 0.312. The maximum atomic E-state index is 12.1. The Bertz CT molecular complexity index is 658. The van der Waals surface area contributed by atoms with Crippen molar-refractivity contribution >= 4 is 17.7 Å². The Kier molecular flexibility index (Phi) is 3.57. The molecule has 0 amide bonds. The second-order valence-corrected chi connectivity index (χ2v) is 5.43. The fourth-order valence-electron chi connectivity index (χ4n) is 2.70. The smallest absolute Gasteiger partial charge is 0.374 e. The molecule has 20 heavy (non-hydrogen) atoms. The summed E-state index contributed by atoms with van der Waals surface area (Å²) in [5.41, 5.74) is 4.42. The van der Waals surface area contributed by atoms with E-state index in [4.69, 9.17) is 9.15 Å². The van der Waals surface area contributed by atoms with Crippen molar-refractivity contribution < 1.29 is 13.9 Å². The highest BCUT2D eigenvalue weighted by molar-refractivity contribution is 7.98. The van der Waals surface area contributed by atoms with E-state index in [1.54, 1.807) is 6.92 Å². The molecule has 0 N–H and O–H groups in total. The van der Waals surface area contributed by atoms with Crippen LogP contribution in [0.1, 0.15) is 28.6 Å². The van der Waals surface area contributed by atoms with Gasteiger partial charge in [0.05, 0.1) is 6.61 Å². The van der Waals surface area contributed by atoms with Crippen molar-refractivity contribution in [3.8, 4) is 11.1 Å². The number of furan rings is 1. The Labute approximate surface area is 122 Å². The first-order chi connectivity index (χ1) is 9.76. The zero-order valence-electron chi connectivity index (χ0n) is 11.6. The number of rotatable bonds is 3. The minimum atomic E-state index is -0.374. The summed E-state index contributed by atoms with van der Waals surface area (Å²) in [4.78, 5) is 12.1. The van der Waals surface area contributed by atoms with Crippen LogP contribution in [0.5, 0.6) is 0 Å². The van der Waals surface area contributed by atoms with Gasteiger partial charge in [-0.1, -0.05) is 36.0 Å². The van der Waals surface area contributed by atoms with Crippen LogP contribution in [0.25, 0.3) is 11.1 Å². The predicted octanol–water partition coefficient (Wildman–Crippen LogP) is 3.94. The number of aryl methyl sites for hydroxylation is 1. The normalized spacial score (nSPS) is 12.7. The lowest BCUT2D eigenvalue weighted by molar-refractivity contribution is 0.0485. The first kappa shape index (κ1) is 13.3. The van der Waals surface area contributed by atoms with Gasteiger partial charge in [0, 0.05) is 11.1 Å². The molecule has 0 saturated carbocycles. The summed E-state index contributed by atoms with van der Waals surface area (Å²) in [7, 11) is 0. The van der Waals surface area contributed by atoms with E-state index in [0.29, 0.717) is 12.4 Å². The topological polar surface area (TPSA) is 39.4 Å². The van der Waals surface area contributed by atoms with Gasteiger partial charge in [-0.25, -0.2) is 4.79 Å². The largest absolute Gasteiger partial charge is 0.460 e. The van der Waals surface area contributed by atoms with Crippen LogP contribution in [-0.4, -0.2) is 18.8 Å². The number of ether oxygens (including phenoxy) is 1. The van der Waals surface area contributed by atoms with Crippen LogP contribution in [0, 0.1) is 0 Å². The number of benzene rings is 1. The van der Waals surface area contributed by atoms with Gasteiger partial charge >= 0.3 is 5.97 Å². The maximum absolute atomic E-state index is 12.1. The highest BCUT2D eigenvalue weighted by atomic mass is 32.2. The highest BCUT2D eigenvalue weighted by Gasteiger charge is 2.30. The predicted molar refractivity (Wildman–Crippen MR) is 79.3 cm³/mol. The van der Waals surface area contributed by atoms with Crippen LogP contribution in [-0.2, 0) is 17.6 Å². The molecule has 0 atom stereocenters. The molecule has 0 bridgehead atoms. The summed E-state index contributed by atoms with van der Waals surface area (Å²) in [5, 5.41) is 0.831. The van der Waals surface area contributed by atoms with Gasteiger partial charge in [0.1, 0.15) is 0 Å². The number of thioether (sulfide) groups is 1. The van der Waals surface area contributed by atoms with E-state index >= 15 is 0 Å². The maximum Gasteiger partial charge on any atom is 0.374 e. The number of hydrogen-bond donors (Lipinski definition) is 0. The highest BCUT2D eigenvalue weighted by Crippen LogP contribution is 2.42. The zero-order valence-corrected chi connectivity index (χ0v) is 12.4. The summed E-state index contributed by atoms with van der Waals surface area (Å²) in [6.07, 6.45) is 3.86. The number of esters is 1. The molecular weight excluding hydrogens is 272 g/mol. The standard InChI is InChI=1S/C16H16O3S/c1-3-18-15(17)14-13-11-7-5-4-6-10(11)8-9-12(13)16(19-14)20-2/h4-7H,3,8-9H2,1-2H3. The van der Waals surface area contributed by atoms with Gasteiger partial charge < -0.3 is 9.15 Å². The molecule has 0 saturated heterocycles. The second-order valence-electron chi connectivity index (χ2n) is 4.65. The van der Waals surface area contributed by atoms with Crippen LogP contribution >= 0.6 is 11.8 Å². The summed E-state index contributed by atoms with van der Waals surface area (Å²) < 4.78 is 10.9. The minimum absolute atomic E-state index is 0.346. The van der Waals surface area contributed by atoms with Gasteiger partial charge in [0.15, 0.2) is 5.09 Å². The van der Waals surface area contributed by atoms with Crippen molar-refractivity contribution in [2.24, 2.45) is 0 Å². The zero-order chi connectivity index (χ0) is 14.1. The molecule has 1 heterocycles. The Morgan fingerprint density at radius 1 is 1.35 bits per heavy atom. The molecule has 1 aliphatic carbocycles. The SMILES string of the molecule is CCOC(=O)c1oc(SC)c2c1-c1ccccc1CC2. The van der Waals surface area contributed by atoms with E-state index in [2.05, 4.69) is 12.1 Å². The lowest BCUT2D eigenvalue weighted by Crippen LogP contribution is -2.08. The van der Waals surface area contributed by atoms with Crippen molar-refractivity contribution in [1.82, 2.24) is 0 Å². The number of carbonyl (C=O) groups is 1. The second kappa shape index (κ2) is 5.37. The van der Waals surface area contributed by atoms with Crippen molar-refractivity contribution in [3.63, 3.8) is 0 Å². The molecule has 3 nitrogen and oxygen atoms in total. The van der Waals surface area contributed by atoms with Gasteiger partial charge in [0.2, 0.25) is 5.76 Å². The fourth-order valence-corrected chi connectivity index (χ4v) is 3.32. The third-order valence-corrected chi connectivity index (χ3v) is 4.25. The molecule has 1 aromatic carbocycles. The molecule has 0 fully saturated rings. The van der Waals surface area contributed by atoms with E-state index in [-0.39, 0.29) is 5.97 Å². The molecule has 0 radical (unpaired) electrons. The van der Waals surface area contributed by atoms with Crippen molar-refractivity contribution in [2.45, 2.75) is 24.9 Å². The van der Waals surface area contributed by atoms with Gasteiger partial charge in [-0.3, -0.25) is 0 Å². The average molecular weight is 288 g/mol. The molecule has 0 spiro atoms. The minimum Gasteiger partial charge on any atom is -0.460 e. The Morgan fingerprint density at radius 3 is 2.90 bits per heavy atom. The summed E-state index contributed by atoms with van der Waals surface area (Å²) in [6, 6.07) is 8.19. The summed E-state index contributed by atoms with van der Waals surface area (Å²) in [5.74, 6) is -0.0286. The quantitative estimate of drug-likeness (QED) is 0.633. The monoisotopic (exact) mass is 288 g/mol. The number of carbonyl (C=O) groups excluding carboxylic acids is 1. The number of hydrogen-bond acceptors (Lipinski definition) is 4. The van der Waals surface area contributed by atoms with Gasteiger partial charge in [-0.15, -0.1) is 0 Å². The van der Waals surface area contributed by atoms with Crippen molar-refractivity contribution in [2.75, 3.05) is 12.9 Å². The number of fused-ring (bicyclic) bond motifs is 3. The lowest BCUT2D eigenvalue weighted by atomic mass is 9.87. The molecule has 2 aromatic rings. The van der Waals surface area contributed by atoms with E-state index in [1.165, 1.54) is 17.3 Å². The third-order valence-electron chi connectivity index (χ3n) is 3.55. The van der Waals surface area contributed by atoms with Gasteiger partial charge in [0.25, 0.3) is 0 Å². The van der Waals surface area contributed by atoms with Crippen LogP contribution < -0.4 is 0 Å². The Balaban J connectivity index is 2.20.